The van der Waals surface area contributed by atoms with Crippen LogP contribution in [0.15, 0.2) is 18.2 Å². The molecule has 0 amide bonds. The average Bonchev–Trinajstić information content (AvgIpc) is 2.34. The number of ether oxygens (including phenoxy) is 1. The lowest BCUT2D eigenvalue weighted by atomic mass is 9.92. The number of aliphatic hydroxyl groups is 1. The molecule has 2 N–H and O–H groups in total. The molecule has 0 saturated heterocycles. The lowest BCUT2D eigenvalue weighted by Gasteiger charge is -2.19. The first-order chi connectivity index (χ1) is 8.22. The number of hydrogen-bond donors (Lipinski definition) is 2. The molecular formula is C13H20ClNO2. The predicted molar refractivity (Wildman–Crippen MR) is 71.0 cm³/mol. The number of nitrogens with one attached hydrogen (secondary N) is 1. The van der Waals surface area contributed by atoms with E-state index in [1.54, 1.807) is 7.11 Å². The quantitative estimate of drug-likeness (QED) is 0.788. The molecule has 0 saturated carbocycles. The number of halogens is 1. The van der Waals surface area contributed by atoms with Gasteiger partial charge in [-0.2, -0.15) is 0 Å². The zero-order valence-corrected chi connectivity index (χ0v) is 11.1. The van der Waals surface area contributed by atoms with Crippen LogP contribution in [0.25, 0.3) is 0 Å². The average molecular weight is 258 g/mol. The van der Waals surface area contributed by atoms with Crippen molar-refractivity contribution in [2.75, 3.05) is 27.3 Å². The Hall–Kier alpha value is -0.770. The van der Waals surface area contributed by atoms with Gasteiger partial charge in [0.25, 0.3) is 0 Å². The van der Waals surface area contributed by atoms with Gasteiger partial charge in [-0.3, -0.25) is 0 Å². The third kappa shape index (κ3) is 4.19. The van der Waals surface area contributed by atoms with E-state index in [0.717, 1.165) is 30.7 Å². The Morgan fingerprint density at radius 2 is 2.18 bits per heavy atom. The Balaban J connectivity index is 2.93. The summed E-state index contributed by atoms with van der Waals surface area (Å²) in [7, 11) is 3.58. The lowest BCUT2D eigenvalue weighted by molar-refractivity contribution is 0.271. The van der Waals surface area contributed by atoms with Crippen molar-refractivity contribution >= 4 is 11.6 Å². The summed E-state index contributed by atoms with van der Waals surface area (Å²) >= 11 is 6.02. The first kappa shape index (κ1) is 14.3. The fraction of sp³-hybridized carbons (Fsp3) is 0.538. The van der Waals surface area contributed by atoms with Crippen LogP contribution >= 0.6 is 11.6 Å². The van der Waals surface area contributed by atoms with Gasteiger partial charge < -0.3 is 15.2 Å². The summed E-state index contributed by atoms with van der Waals surface area (Å²) in [5.74, 6) is 1.10. The zero-order valence-electron chi connectivity index (χ0n) is 10.4. The van der Waals surface area contributed by atoms with Gasteiger partial charge in [0, 0.05) is 11.6 Å². The zero-order chi connectivity index (χ0) is 12.7. The van der Waals surface area contributed by atoms with E-state index < -0.39 is 0 Å². The van der Waals surface area contributed by atoms with Gasteiger partial charge in [0.1, 0.15) is 5.75 Å². The van der Waals surface area contributed by atoms with Crippen LogP contribution < -0.4 is 10.1 Å². The highest BCUT2D eigenvalue weighted by Crippen LogP contribution is 2.33. The molecule has 96 valence electrons. The van der Waals surface area contributed by atoms with Crippen LogP contribution in [-0.2, 0) is 0 Å². The van der Waals surface area contributed by atoms with Crippen LogP contribution in [0.4, 0.5) is 0 Å². The molecular weight excluding hydrogens is 238 g/mol. The van der Waals surface area contributed by atoms with Gasteiger partial charge in [-0.25, -0.2) is 0 Å². The van der Waals surface area contributed by atoms with Crippen LogP contribution in [0.2, 0.25) is 5.02 Å². The second-order valence-corrected chi connectivity index (χ2v) is 4.42. The maximum atomic E-state index is 9.14. The van der Waals surface area contributed by atoms with Gasteiger partial charge >= 0.3 is 0 Å². The van der Waals surface area contributed by atoms with E-state index in [1.807, 2.05) is 25.2 Å². The van der Waals surface area contributed by atoms with E-state index in [2.05, 4.69) is 5.32 Å². The maximum Gasteiger partial charge on any atom is 0.122 e. The molecule has 0 radical (unpaired) electrons. The maximum absolute atomic E-state index is 9.14. The molecule has 17 heavy (non-hydrogen) atoms. The van der Waals surface area contributed by atoms with E-state index in [4.69, 9.17) is 21.4 Å². The minimum Gasteiger partial charge on any atom is -0.496 e. The Labute approximate surface area is 108 Å². The molecule has 0 aliphatic heterocycles. The van der Waals surface area contributed by atoms with Crippen LogP contribution in [0.1, 0.15) is 24.3 Å². The Kier molecular flexibility index (Phi) is 6.34. The van der Waals surface area contributed by atoms with Gasteiger partial charge in [-0.15, -0.1) is 0 Å². The van der Waals surface area contributed by atoms with Crippen molar-refractivity contribution in [1.29, 1.82) is 0 Å². The summed E-state index contributed by atoms with van der Waals surface area (Å²) < 4.78 is 5.35. The van der Waals surface area contributed by atoms with Crippen molar-refractivity contribution in [2.45, 2.75) is 18.8 Å². The van der Waals surface area contributed by atoms with Gasteiger partial charge in [-0.05, 0) is 56.1 Å². The molecule has 1 aromatic carbocycles. The third-order valence-corrected chi connectivity index (χ3v) is 3.09. The van der Waals surface area contributed by atoms with Crippen LogP contribution in [-0.4, -0.2) is 32.4 Å². The molecule has 4 heteroatoms. The molecule has 1 atom stereocenters. The van der Waals surface area contributed by atoms with Crippen LogP contribution in [0.5, 0.6) is 5.75 Å². The van der Waals surface area contributed by atoms with Gasteiger partial charge in [-0.1, -0.05) is 11.6 Å². The molecule has 3 nitrogen and oxygen atoms in total. The molecule has 0 spiro atoms. The van der Waals surface area contributed by atoms with Gasteiger partial charge in [0.15, 0.2) is 0 Å². The molecule has 0 aliphatic rings. The van der Waals surface area contributed by atoms with Crippen LogP contribution in [0.3, 0.4) is 0 Å². The number of aliphatic hydroxyl groups excluding tert-OH is 1. The van der Waals surface area contributed by atoms with Gasteiger partial charge in [0.2, 0.25) is 0 Å². The highest BCUT2D eigenvalue weighted by atomic mass is 35.5. The number of methoxy groups -OCH3 is 1. The molecule has 1 unspecified atom stereocenters. The third-order valence-electron chi connectivity index (χ3n) is 2.85. The first-order valence-electron chi connectivity index (χ1n) is 5.81. The first-order valence-corrected chi connectivity index (χ1v) is 6.19. The second-order valence-electron chi connectivity index (χ2n) is 3.99. The topological polar surface area (TPSA) is 41.5 Å². The van der Waals surface area contributed by atoms with E-state index in [-0.39, 0.29) is 12.5 Å². The van der Waals surface area contributed by atoms with Crippen molar-refractivity contribution in [1.82, 2.24) is 5.32 Å². The fourth-order valence-corrected chi connectivity index (χ4v) is 2.13. The van der Waals surface area contributed by atoms with Crippen molar-refractivity contribution < 1.29 is 9.84 Å². The standard InChI is InChI=1S/C13H20ClNO2/c1-15-7-5-10(6-8-16)12-9-11(14)3-4-13(12)17-2/h3-4,9-10,15-16H,5-8H2,1-2H3. The summed E-state index contributed by atoms with van der Waals surface area (Å²) in [6.45, 7) is 1.07. The Morgan fingerprint density at radius 3 is 2.76 bits per heavy atom. The monoisotopic (exact) mass is 257 g/mol. The normalized spacial score (nSPS) is 12.5. The lowest BCUT2D eigenvalue weighted by Crippen LogP contribution is -2.14. The minimum atomic E-state index is 0.171. The molecule has 0 fully saturated rings. The van der Waals surface area contributed by atoms with Gasteiger partial charge in [0.05, 0.1) is 7.11 Å². The fourth-order valence-electron chi connectivity index (χ4n) is 1.95. The highest BCUT2D eigenvalue weighted by molar-refractivity contribution is 6.30. The van der Waals surface area contributed by atoms with Crippen molar-refractivity contribution in [3.8, 4) is 5.75 Å². The van der Waals surface area contributed by atoms with E-state index >= 15 is 0 Å². The van der Waals surface area contributed by atoms with Crippen molar-refractivity contribution in [2.24, 2.45) is 0 Å². The SMILES string of the molecule is CNCCC(CCO)c1cc(Cl)ccc1OC. The molecule has 0 bridgehead atoms. The summed E-state index contributed by atoms with van der Waals surface area (Å²) in [4.78, 5) is 0. The molecule has 0 aliphatic carbocycles. The summed E-state index contributed by atoms with van der Waals surface area (Å²) in [5.41, 5.74) is 1.07. The Morgan fingerprint density at radius 1 is 1.41 bits per heavy atom. The molecule has 0 aromatic heterocycles. The minimum absolute atomic E-state index is 0.171. The van der Waals surface area contributed by atoms with Crippen molar-refractivity contribution in [3.63, 3.8) is 0 Å². The van der Waals surface area contributed by atoms with E-state index in [9.17, 15) is 0 Å². The number of hydrogen-bond acceptors (Lipinski definition) is 3. The second kappa shape index (κ2) is 7.54. The van der Waals surface area contributed by atoms with E-state index in [1.165, 1.54) is 0 Å². The Bertz CT molecular complexity index is 344. The summed E-state index contributed by atoms with van der Waals surface area (Å²) in [6, 6.07) is 5.62. The summed E-state index contributed by atoms with van der Waals surface area (Å²) in [6.07, 6.45) is 1.67. The summed E-state index contributed by atoms with van der Waals surface area (Å²) in [5, 5.41) is 13.0. The molecule has 1 aromatic rings. The number of rotatable bonds is 7. The molecule has 1 rings (SSSR count). The molecule has 0 heterocycles. The highest BCUT2D eigenvalue weighted by Gasteiger charge is 2.15. The van der Waals surface area contributed by atoms with Crippen molar-refractivity contribution in [3.05, 3.63) is 28.8 Å². The largest absolute Gasteiger partial charge is 0.496 e. The van der Waals surface area contributed by atoms with E-state index in [0.29, 0.717) is 5.02 Å². The number of benzene rings is 1. The smallest absolute Gasteiger partial charge is 0.122 e. The predicted octanol–water partition coefficient (Wildman–Crippen LogP) is 2.42. The van der Waals surface area contributed by atoms with Crippen LogP contribution in [0, 0.1) is 0 Å².